The van der Waals surface area contributed by atoms with Gasteiger partial charge in [-0.1, -0.05) is 26.7 Å². The van der Waals surface area contributed by atoms with Gasteiger partial charge in [0.05, 0.1) is 6.26 Å². The lowest BCUT2D eigenvalue weighted by atomic mass is 9.78. The first-order chi connectivity index (χ1) is 8.66. The molecule has 1 heterocycles. The normalized spacial score (nSPS) is 28.0. The van der Waals surface area contributed by atoms with Crippen LogP contribution in [0.15, 0.2) is 22.8 Å². The zero-order chi connectivity index (χ0) is 13.0. The molecule has 1 amide bonds. The molecule has 1 aliphatic carbocycles. The van der Waals surface area contributed by atoms with E-state index in [9.17, 15) is 4.79 Å². The third-order valence-corrected chi connectivity index (χ3v) is 4.23. The highest BCUT2D eigenvalue weighted by atomic mass is 16.3. The molecule has 0 spiro atoms. The Morgan fingerprint density at radius 2 is 2.28 bits per heavy atom. The number of carbonyl (C=O) groups is 1. The lowest BCUT2D eigenvalue weighted by molar-refractivity contribution is -0.122. The zero-order valence-electron chi connectivity index (χ0n) is 11.3. The van der Waals surface area contributed by atoms with Crippen molar-refractivity contribution in [3.63, 3.8) is 0 Å². The van der Waals surface area contributed by atoms with Crippen molar-refractivity contribution in [2.24, 2.45) is 11.8 Å². The first-order valence-electron chi connectivity index (χ1n) is 6.98. The molecule has 1 aromatic heterocycles. The van der Waals surface area contributed by atoms with Crippen LogP contribution >= 0.6 is 0 Å². The summed E-state index contributed by atoms with van der Waals surface area (Å²) in [6.07, 6.45) is 6.51. The van der Waals surface area contributed by atoms with E-state index in [0.29, 0.717) is 30.7 Å². The molecule has 3 nitrogen and oxygen atoms in total. The summed E-state index contributed by atoms with van der Waals surface area (Å²) in [7, 11) is 0. The zero-order valence-corrected chi connectivity index (χ0v) is 11.3. The Bertz CT molecular complexity index is 372. The van der Waals surface area contributed by atoms with Crippen LogP contribution in [0.25, 0.3) is 0 Å². The van der Waals surface area contributed by atoms with Crippen LogP contribution in [0.1, 0.15) is 45.3 Å². The molecular formula is C15H23NO2. The molecule has 3 unspecified atom stereocenters. The second-order valence-corrected chi connectivity index (χ2v) is 5.52. The van der Waals surface area contributed by atoms with Crippen LogP contribution in [0.2, 0.25) is 0 Å². The Balaban J connectivity index is 1.76. The third-order valence-electron chi connectivity index (χ3n) is 4.23. The van der Waals surface area contributed by atoms with Crippen molar-refractivity contribution in [3.05, 3.63) is 24.2 Å². The Labute approximate surface area is 109 Å². The van der Waals surface area contributed by atoms with E-state index < -0.39 is 0 Å². The van der Waals surface area contributed by atoms with Gasteiger partial charge >= 0.3 is 0 Å². The van der Waals surface area contributed by atoms with Crippen LogP contribution in [-0.2, 0) is 11.2 Å². The molecule has 0 saturated heterocycles. The predicted molar refractivity (Wildman–Crippen MR) is 71.1 cm³/mol. The molecule has 2 rings (SSSR count). The van der Waals surface area contributed by atoms with E-state index in [1.54, 1.807) is 6.26 Å². The highest BCUT2D eigenvalue weighted by Crippen LogP contribution is 2.29. The van der Waals surface area contributed by atoms with Gasteiger partial charge in [-0.3, -0.25) is 4.79 Å². The van der Waals surface area contributed by atoms with Gasteiger partial charge in [0, 0.05) is 18.9 Å². The summed E-state index contributed by atoms with van der Waals surface area (Å²) in [4.78, 5) is 11.9. The smallest absolute Gasteiger partial charge is 0.220 e. The summed E-state index contributed by atoms with van der Waals surface area (Å²) >= 11 is 0. The predicted octanol–water partition coefficient (Wildman–Crippen LogP) is 3.15. The van der Waals surface area contributed by atoms with Crippen molar-refractivity contribution < 1.29 is 9.21 Å². The van der Waals surface area contributed by atoms with Crippen LogP contribution < -0.4 is 5.32 Å². The molecule has 0 bridgehead atoms. The molecular weight excluding hydrogens is 226 g/mol. The van der Waals surface area contributed by atoms with Crippen LogP contribution in [0.5, 0.6) is 0 Å². The first-order valence-corrected chi connectivity index (χ1v) is 6.98. The van der Waals surface area contributed by atoms with Gasteiger partial charge in [-0.05, 0) is 30.4 Å². The SMILES string of the molecule is CC1CCCC(NC(=O)CCc2ccco2)C1C. The van der Waals surface area contributed by atoms with Crippen molar-refractivity contribution in [1.29, 1.82) is 0 Å². The van der Waals surface area contributed by atoms with Gasteiger partial charge in [0.2, 0.25) is 5.91 Å². The fourth-order valence-electron chi connectivity index (χ4n) is 2.76. The Hall–Kier alpha value is -1.25. The molecule has 1 saturated carbocycles. The highest BCUT2D eigenvalue weighted by molar-refractivity contribution is 5.76. The summed E-state index contributed by atoms with van der Waals surface area (Å²) in [5.74, 6) is 2.34. The van der Waals surface area contributed by atoms with Gasteiger partial charge in [-0.15, -0.1) is 0 Å². The minimum absolute atomic E-state index is 0.150. The molecule has 18 heavy (non-hydrogen) atoms. The molecule has 100 valence electrons. The Kier molecular flexibility index (Phi) is 4.45. The quantitative estimate of drug-likeness (QED) is 0.890. The number of hydrogen-bond acceptors (Lipinski definition) is 2. The van der Waals surface area contributed by atoms with E-state index >= 15 is 0 Å². The van der Waals surface area contributed by atoms with Crippen molar-refractivity contribution >= 4 is 5.91 Å². The summed E-state index contributed by atoms with van der Waals surface area (Å²) in [5.41, 5.74) is 0. The third kappa shape index (κ3) is 3.37. The average molecular weight is 249 g/mol. The fourth-order valence-corrected chi connectivity index (χ4v) is 2.76. The number of aryl methyl sites for hydroxylation is 1. The number of hydrogen-bond donors (Lipinski definition) is 1. The lowest BCUT2D eigenvalue weighted by Crippen LogP contribution is -2.43. The van der Waals surface area contributed by atoms with E-state index in [2.05, 4.69) is 19.2 Å². The molecule has 3 heteroatoms. The van der Waals surface area contributed by atoms with E-state index in [0.717, 1.165) is 12.2 Å². The molecule has 1 N–H and O–H groups in total. The number of furan rings is 1. The van der Waals surface area contributed by atoms with Crippen LogP contribution in [0, 0.1) is 11.8 Å². The van der Waals surface area contributed by atoms with Crippen molar-refractivity contribution in [2.75, 3.05) is 0 Å². The van der Waals surface area contributed by atoms with Gasteiger partial charge in [0.25, 0.3) is 0 Å². The molecule has 1 aliphatic rings. The molecule has 3 atom stereocenters. The van der Waals surface area contributed by atoms with Gasteiger partial charge in [0.1, 0.15) is 5.76 Å². The maximum absolute atomic E-state index is 11.9. The van der Waals surface area contributed by atoms with E-state index in [4.69, 9.17) is 4.42 Å². The van der Waals surface area contributed by atoms with E-state index in [1.165, 1.54) is 12.8 Å². The molecule has 1 fully saturated rings. The van der Waals surface area contributed by atoms with Gasteiger partial charge in [-0.2, -0.15) is 0 Å². The molecule has 0 aromatic carbocycles. The largest absolute Gasteiger partial charge is 0.469 e. The minimum atomic E-state index is 0.150. The highest BCUT2D eigenvalue weighted by Gasteiger charge is 2.27. The van der Waals surface area contributed by atoms with Gasteiger partial charge < -0.3 is 9.73 Å². The number of nitrogens with one attached hydrogen (secondary N) is 1. The van der Waals surface area contributed by atoms with Gasteiger partial charge in [0.15, 0.2) is 0 Å². The maximum atomic E-state index is 11.9. The second kappa shape index (κ2) is 6.07. The number of carbonyl (C=O) groups excluding carboxylic acids is 1. The summed E-state index contributed by atoms with van der Waals surface area (Å²) in [6, 6.07) is 4.13. The fraction of sp³-hybridized carbons (Fsp3) is 0.667. The van der Waals surface area contributed by atoms with Crippen molar-refractivity contribution in [2.45, 2.75) is 52.0 Å². The maximum Gasteiger partial charge on any atom is 0.220 e. The first kappa shape index (κ1) is 13.2. The number of rotatable bonds is 4. The molecule has 0 radical (unpaired) electrons. The topological polar surface area (TPSA) is 42.2 Å². The molecule has 0 aliphatic heterocycles. The van der Waals surface area contributed by atoms with E-state index in [1.807, 2.05) is 12.1 Å². The van der Waals surface area contributed by atoms with Crippen LogP contribution in [-0.4, -0.2) is 11.9 Å². The van der Waals surface area contributed by atoms with E-state index in [-0.39, 0.29) is 5.91 Å². The summed E-state index contributed by atoms with van der Waals surface area (Å²) in [5, 5.41) is 3.18. The van der Waals surface area contributed by atoms with Crippen molar-refractivity contribution in [3.8, 4) is 0 Å². The summed E-state index contributed by atoms with van der Waals surface area (Å²) < 4.78 is 5.23. The van der Waals surface area contributed by atoms with Crippen LogP contribution in [0.3, 0.4) is 0 Å². The molecule has 1 aromatic rings. The minimum Gasteiger partial charge on any atom is -0.469 e. The monoisotopic (exact) mass is 249 g/mol. The Morgan fingerprint density at radius 1 is 1.44 bits per heavy atom. The standard InChI is InChI=1S/C15H23NO2/c1-11-5-3-7-14(12(11)2)16-15(17)9-8-13-6-4-10-18-13/h4,6,10-12,14H,3,5,7-9H2,1-2H3,(H,16,17). The van der Waals surface area contributed by atoms with Crippen molar-refractivity contribution in [1.82, 2.24) is 5.32 Å². The summed E-state index contributed by atoms with van der Waals surface area (Å²) in [6.45, 7) is 4.53. The van der Waals surface area contributed by atoms with Gasteiger partial charge in [-0.25, -0.2) is 0 Å². The second-order valence-electron chi connectivity index (χ2n) is 5.52. The number of amides is 1. The lowest BCUT2D eigenvalue weighted by Gasteiger charge is -2.34. The Morgan fingerprint density at radius 3 is 3.00 bits per heavy atom. The average Bonchev–Trinajstić information content (AvgIpc) is 2.86. The van der Waals surface area contributed by atoms with Crippen LogP contribution in [0.4, 0.5) is 0 Å².